The van der Waals surface area contributed by atoms with Crippen LogP contribution in [0.3, 0.4) is 0 Å². The van der Waals surface area contributed by atoms with Gasteiger partial charge in [0.2, 0.25) is 0 Å². The summed E-state index contributed by atoms with van der Waals surface area (Å²) in [4.78, 5) is 5.54. The zero-order valence-electron chi connectivity index (χ0n) is 8.33. The Bertz CT molecular complexity index is 271. The maximum Gasteiger partial charge on any atom is 0.119 e. The summed E-state index contributed by atoms with van der Waals surface area (Å²) in [6.45, 7) is 7.28. The molecule has 0 amide bonds. The molecule has 1 rings (SSSR count). The SMILES string of the molecule is CCOCc1nc(C)c([C@@H](C)N)s1. The van der Waals surface area contributed by atoms with Crippen LogP contribution in [-0.2, 0) is 11.3 Å². The average Bonchev–Trinajstić information content (AvgIpc) is 2.43. The first kappa shape index (κ1) is 10.6. The summed E-state index contributed by atoms with van der Waals surface area (Å²) in [5.41, 5.74) is 6.82. The van der Waals surface area contributed by atoms with E-state index in [0.717, 1.165) is 22.2 Å². The summed E-state index contributed by atoms with van der Waals surface area (Å²) in [5.74, 6) is 0. The van der Waals surface area contributed by atoms with Gasteiger partial charge in [0, 0.05) is 17.5 Å². The Morgan fingerprint density at radius 3 is 2.77 bits per heavy atom. The van der Waals surface area contributed by atoms with Crippen molar-refractivity contribution in [2.45, 2.75) is 33.4 Å². The first-order chi connectivity index (χ1) is 6.15. The Kier molecular flexibility index (Phi) is 3.84. The maximum atomic E-state index is 5.79. The highest BCUT2D eigenvalue weighted by Crippen LogP contribution is 2.23. The van der Waals surface area contributed by atoms with E-state index in [-0.39, 0.29) is 6.04 Å². The van der Waals surface area contributed by atoms with Gasteiger partial charge in [-0.05, 0) is 20.8 Å². The number of ether oxygens (including phenoxy) is 1. The van der Waals surface area contributed by atoms with Crippen molar-refractivity contribution in [3.63, 3.8) is 0 Å². The smallest absolute Gasteiger partial charge is 0.119 e. The number of rotatable bonds is 4. The largest absolute Gasteiger partial charge is 0.375 e. The van der Waals surface area contributed by atoms with Crippen LogP contribution < -0.4 is 5.73 Å². The van der Waals surface area contributed by atoms with Crippen molar-refractivity contribution in [3.05, 3.63) is 15.6 Å². The summed E-state index contributed by atoms with van der Waals surface area (Å²) >= 11 is 1.65. The molecule has 0 fully saturated rings. The predicted octanol–water partition coefficient (Wildman–Crippen LogP) is 2.01. The summed E-state index contributed by atoms with van der Waals surface area (Å²) < 4.78 is 5.27. The summed E-state index contributed by atoms with van der Waals surface area (Å²) in [7, 11) is 0. The standard InChI is InChI=1S/C9H16N2OS/c1-4-12-5-8-11-7(3)9(13-8)6(2)10/h6H,4-5,10H2,1-3H3/t6-/m1/s1. The minimum absolute atomic E-state index is 0.0767. The lowest BCUT2D eigenvalue weighted by Crippen LogP contribution is -2.03. The molecule has 0 aliphatic heterocycles. The van der Waals surface area contributed by atoms with E-state index in [0.29, 0.717) is 6.61 Å². The van der Waals surface area contributed by atoms with E-state index in [9.17, 15) is 0 Å². The first-order valence-electron chi connectivity index (χ1n) is 4.44. The third-order valence-electron chi connectivity index (χ3n) is 1.72. The second kappa shape index (κ2) is 4.69. The van der Waals surface area contributed by atoms with Crippen molar-refractivity contribution < 1.29 is 4.74 Å². The van der Waals surface area contributed by atoms with Crippen molar-refractivity contribution in [2.75, 3.05) is 6.61 Å². The van der Waals surface area contributed by atoms with Crippen LogP contribution >= 0.6 is 11.3 Å². The molecule has 1 aromatic rings. The quantitative estimate of drug-likeness (QED) is 0.808. The van der Waals surface area contributed by atoms with Crippen LogP contribution in [0, 0.1) is 6.92 Å². The topological polar surface area (TPSA) is 48.1 Å². The number of aromatic nitrogens is 1. The highest BCUT2D eigenvalue weighted by atomic mass is 32.1. The van der Waals surface area contributed by atoms with Gasteiger partial charge in [-0.1, -0.05) is 0 Å². The Labute approximate surface area is 82.9 Å². The number of nitrogens with zero attached hydrogens (tertiary/aromatic N) is 1. The van der Waals surface area contributed by atoms with Crippen LogP contribution in [0.5, 0.6) is 0 Å². The Morgan fingerprint density at radius 2 is 2.31 bits per heavy atom. The van der Waals surface area contributed by atoms with Crippen molar-refractivity contribution >= 4 is 11.3 Å². The number of hydrogen-bond donors (Lipinski definition) is 1. The van der Waals surface area contributed by atoms with Crippen molar-refractivity contribution in [1.82, 2.24) is 4.98 Å². The molecular formula is C9H16N2OS. The van der Waals surface area contributed by atoms with Crippen LogP contribution in [0.25, 0.3) is 0 Å². The lowest BCUT2D eigenvalue weighted by molar-refractivity contribution is 0.134. The molecule has 4 heteroatoms. The van der Waals surface area contributed by atoms with Gasteiger partial charge in [-0.2, -0.15) is 0 Å². The third kappa shape index (κ3) is 2.76. The predicted molar refractivity (Wildman–Crippen MR) is 54.8 cm³/mol. The third-order valence-corrected chi connectivity index (χ3v) is 3.05. The highest BCUT2D eigenvalue weighted by molar-refractivity contribution is 7.11. The summed E-state index contributed by atoms with van der Waals surface area (Å²) in [6.07, 6.45) is 0. The molecule has 3 nitrogen and oxygen atoms in total. The summed E-state index contributed by atoms with van der Waals surface area (Å²) in [5, 5.41) is 1.02. The number of aryl methyl sites for hydroxylation is 1. The van der Waals surface area contributed by atoms with Crippen LogP contribution in [-0.4, -0.2) is 11.6 Å². The van der Waals surface area contributed by atoms with E-state index in [1.807, 2.05) is 20.8 Å². The lowest BCUT2D eigenvalue weighted by atomic mass is 10.2. The molecule has 2 N–H and O–H groups in total. The number of nitrogens with two attached hydrogens (primary N) is 1. The Hall–Kier alpha value is -0.450. The second-order valence-electron chi connectivity index (χ2n) is 2.98. The maximum absolute atomic E-state index is 5.79. The molecule has 0 unspecified atom stereocenters. The summed E-state index contributed by atoms with van der Waals surface area (Å²) in [6, 6.07) is 0.0767. The monoisotopic (exact) mass is 200 g/mol. The fraction of sp³-hybridized carbons (Fsp3) is 0.667. The fourth-order valence-electron chi connectivity index (χ4n) is 1.14. The van der Waals surface area contributed by atoms with Crippen LogP contribution in [0.1, 0.15) is 35.5 Å². The van der Waals surface area contributed by atoms with E-state index in [2.05, 4.69) is 4.98 Å². The Balaban J connectivity index is 2.71. The second-order valence-corrected chi connectivity index (χ2v) is 4.10. The van der Waals surface area contributed by atoms with Gasteiger partial charge < -0.3 is 10.5 Å². The molecule has 0 saturated carbocycles. The normalized spacial score (nSPS) is 13.2. The molecular weight excluding hydrogens is 184 g/mol. The molecule has 0 spiro atoms. The van der Waals surface area contributed by atoms with Crippen molar-refractivity contribution in [3.8, 4) is 0 Å². The van der Waals surface area contributed by atoms with Gasteiger partial charge in [0.15, 0.2) is 0 Å². The molecule has 0 aromatic carbocycles. The van der Waals surface area contributed by atoms with Gasteiger partial charge in [-0.3, -0.25) is 0 Å². The van der Waals surface area contributed by atoms with Gasteiger partial charge in [-0.25, -0.2) is 4.98 Å². The van der Waals surface area contributed by atoms with Crippen LogP contribution in [0.15, 0.2) is 0 Å². The lowest BCUT2D eigenvalue weighted by Gasteiger charge is -1.99. The number of hydrogen-bond acceptors (Lipinski definition) is 4. The molecule has 0 aliphatic rings. The van der Waals surface area contributed by atoms with Gasteiger partial charge in [0.05, 0.1) is 12.3 Å². The molecule has 1 aromatic heterocycles. The van der Waals surface area contributed by atoms with Gasteiger partial charge in [0.25, 0.3) is 0 Å². The van der Waals surface area contributed by atoms with Gasteiger partial charge >= 0.3 is 0 Å². The molecule has 74 valence electrons. The van der Waals surface area contributed by atoms with Gasteiger partial charge in [-0.15, -0.1) is 11.3 Å². The number of thiazole rings is 1. The Morgan fingerprint density at radius 1 is 1.62 bits per heavy atom. The van der Waals surface area contributed by atoms with Crippen LogP contribution in [0.2, 0.25) is 0 Å². The van der Waals surface area contributed by atoms with Crippen LogP contribution in [0.4, 0.5) is 0 Å². The van der Waals surface area contributed by atoms with Crippen molar-refractivity contribution in [1.29, 1.82) is 0 Å². The highest BCUT2D eigenvalue weighted by Gasteiger charge is 2.10. The fourth-order valence-corrected chi connectivity index (χ4v) is 2.10. The molecule has 1 heterocycles. The zero-order chi connectivity index (χ0) is 9.84. The van der Waals surface area contributed by atoms with E-state index >= 15 is 0 Å². The molecule has 13 heavy (non-hydrogen) atoms. The van der Waals surface area contributed by atoms with E-state index in [1.54, 1.807) is 11.3 Å². The molecule has 0 bridgehead atoms. The first-order valence-corrected chi connectivity index (χ1v) is 5.26. The molecule has 1 atom stereocenters. The minimum atomic E-state index is 0.0767. The molecule has 0 saturated heterocycles. The molecule has 0 aliphatic carbocycles. The minimum Gasteiger partial charge on any atom is -0.375 e. The van der Waals surface area contributed by atoms with E-state index < -0.39 is 0 Å². The van der Waals surface area contributed by atoms with Crippen molar-refractivity contribution in [2.24, 2.45) is 5.73 Å². The zero-order valence-corrected chi connectivity index (χ0v) is 9.15. The average molecular weight is 200 g/mol. The van der Waals surface area contributed by atoms with E-state index in [4.69, 9.17) is 10.5 Å². The van der Waals surface area contributed by atoms with Gasteiger partial charge in [0.1, 0.15) is 5.01 Å². The van der Waals surface area contributed by atoms with E-state index in [1.165, 1.54) is 0 Å². The molecule has 0 radical (unpaired) electrons.